The highest BCUT2D eigenvalue weighted by molar-refractivity contribution is 6.07. The molecule has 0 saturated heterocycles. The SMILES string of the molecule is COc1cccc(NC(=O)COc2ccc(C(=O)N3CCc4cccc(C)c43)cc2)c1. The second-order valence-corrected chi connectivity index (χ2v) is 7.38. The van der Waals surface area contributed by atoms with Crippen molar-refractivity contribution < 1.29 is 19.1 Å². The summed E-state index contributed by atoms with van der Waals surface area (Å²) in [5, 5.41) is 2.76. The number of amides is 2. The number of benzene rings is 3. The van der Waals surface area contributed by atoms with Gasteiger partial charge in [0.15, 0.2) is 6.61 Å². The maximum atomic E-state index is 13.0. The molecule has 0 aliphatic carbocycles. The maximum Gasteiger partial charge on any atom is 0.262 e. The fraction of sp³-hybridized carbons (Fsp3) is 0.200. The van der Waals surface area contributed by atoms with Crippen LogP contribution in [0.2, 0.25) is 0 Å². The van der Waals surface area contributed by atoms with Gasteiger partial charge in [-0.15, -0.1) is 0 Å². The second-order valence-electron chi connectivity index (χ2n) is 7.38. The van der Waals surface area contributed by atoms with Gasteiger partial charge in [0, 0.05) is 23.9 Å². The predicted octanol–water partition coefficient (Wildman–Crippen LogP) is 4.22. The fourth-order valence-corrected chi connectivity index (χ4v) is 3.75. The van der Waals surface area contributed by atoms with Crippen LogP contribution in [0.5, 0.6) is 11.5 Å². The molecule has 1 N–H and O–H groups in total. The monoisotopic (exact) mass is 416 g/mol. The van der Waals surface area contributed by atoms with Crippen molar-refractivity contribution in [3.05, 3.63) is 83.4 Å². The van der Waals surface area contributed by atoms with Crippen molar-refractivity contribution in [2.24, 2.45) is 0 Å². The molecule has 3 aromatic rings. The van der Waals surface area contributed by atoms with Crippen LogP contribution in [-0.2, 0) is 11.2 Å². The summed E-state index contributed by atoms with van der Waals surface area (Å²) in [6.07, 6.45) is 0.867. The molecule has 0 aromatic heterocycles. The van der Waals surface area contributed by atoms with E-state index >= 15 is 0 Å². The van der Waals surface area contributed by atoms with Crippen LogP contribution in [-0.4, -0.2) is 32.1 Å². The number of fused-ring (bicyclic) bond motifs is 1. The van der Waals surface area contributed by atoms with Gasteiger partial charge in [0.25, 0.3) is 11.8 Å². The van der Waals surface area contributed by atoms with Crippen LogP contribution in [0.1, 0.15) is 21.5 Å². The van der Waals surface area contributed by atoms with E-state index in [-0.39, 0.29) is 18.4 Å². The highest BCUT2D eigenvalue weighted by Crippen LogP contribution is 2.32. The van der Waals surface area contributed by atoms with Crippen molar-refractivity contribution in [2.45, 2.75) is 13.3 Å². The number of nitrogens with zero attached hydrogens (tertiary/aromatic N) is 1. The summed E-state index contributed by atoms with van der Waals surface area (Å²) in [4.78, 5) is 27.0. The lowest BCUT2D eigenvalue weighted by molar-refractivity contribution is -0.118. The molecular weight excluding hydrogens is 392 g/mol. The number of hydrogen-bond acceptors (Lipinski definition) is 4. The summed E-state index contributed by atoms with van der Waals surface area (Å²) in [5.41, 5.74) is 4.54. The molecule has 0 radical (unpaired) electrons. The standard InChI is InChI=1S/C25H24N2O4/c1-17-5-3-6-18-13-14-27(24(17)18)25(29)19-9-11-21(12-10-19)31-16-23(28)26-20-7-4-8-22(15-20)30-2/h3-12,15H,13-14,16H2,1-2H3,(H,26,28). The Morgan fingerprint density at radius 2 is 1.77 bits per heavy atom. The van der Waals surface area contributed by atoms with E-state index in [4.69, 9.17) is 9.47 Å². The van der Waals surface area contributed by atoms with Crippen molar-refractivity contribution in [1.82, 2.24) is 0 Å². The Morgan fingerprint density at radius 1 is 1.00 bits per heavy atom. The number of carbonyl (C=O) groups excluding carboxylic acids is 2. The fourth-order valence-electron chi connectivity index (χ4n) is 3.75. The second kappa shape index (κ2) is 8.92. The summed E-state index contributed by atoms with van der Waals surface area (Å²) in [7, 11) is 1.57. The first-order valence-electron chi connectivity index (χ1n) is 10.1. The van der Waals surface area contributed by atoms with Crippen LogP contribution >= 0.6 is 0 Å². The zero-order valence-corrected chi connectivity index (χ0v) is 17.6. The third-order valence-electron chi connectivity index (χ3n) is 5.27. The zero-order chi connectivity index (χ0) is 21.8. The molecule has 0 bridgehead atoms. The molecular formula is C25H24N2O4. The summed E-state index contributed by atoms with van der Waals surface area (Å²) in [6, 6.07) is 20.1. The summed E-state index contributed by atoms with van der Waals surface area (Å²) >= 11 is 0. The van der Waals surface area contributed by atoms with Crippen LogP contribution in [0.15, 0.2) is 66.7 Å². The number of rotatable bonds is 6. The zero-order valence-electron chi connectivity index (χ0n) is 17.6. The Kier molecular flexibility index (Phi) is 5.89. The van der Waals surface area contributed by atoms with Crippen molar-refractivity contribution in [3.63, 3.8) is 0 Å². The van der Waals surface area contributed by atoms with Gasteiger partial charge >= 0.3 is 0 Å². The van der Waals surface area contributed by atoms with Crippen molar-refractivity contribution >= 4 is 23.2 Å². The summed E-state index contributed by atoms with van der Waals surface area (Å²) in [6.45, 7) is 2.57. The average Bonchev–Trinajstić information content (AvgIpc) is 3.23. The molecule has 6 heteroatoms. The lowest BCUT2D eigenvalue weighted by Crippen LogP contribution is -2.29. The van der Waals surface area contributed by atoms with Gasteiger partial charge in [0.1, 0.15) is 11.5 Å². The maximum absolute atomic E-state index is 13.0. The van der Waals surface area contributed by atoms with Gasteiger partial charge < -0.3 is 19.7 Å². The van der Waals surface area contributed by atoms with Crippen LogP contribution in [0.25, 0.3) is 0 Å². The highest BCUT2D eigenvalue weighted by atomic mass is 16.5. The topological polar surface area (TPSA) is 67.9 Å². The third kappa shape index (κ3) is 4.53. The lowest BCUT2D eigenvalue weighted by Gasteiger charge is -2.19. The summed E-state index contributed by atoms with van der Waals surface area (Å²) in [5.74, 6) is 0.873. The first kappa shape index (κ1) is 20.5. The number of hydrogen-bond donors (Lipinski definition) is 1. The van der Waals surface area contributed by atoms with E-state index in [2.05, 4.69) is 11.4 Å². The van der Waals surface area contributed by atoms with Crippen molar-refractivity contribution in [1.29, 1.82) is 0 Å². The Bertz CT molecular complexity index is 1110. The molecule has 6 nitrogen and oxygen atoms in total. The van der Waals surface area contributed by atoms with Gasteiger partial charge in [0.05, 0.1) is 12.8 Å². The minimum Gasteiger partial charge on any atom is -0.497 e. The highest BCUT2D eigenvalue weighted by Gasteiger charge is 2.26. The Labute approximate surface area is 181 Å². The molecule has 0 atom stereocenters. The van der Waals surface area contributed by atoms with Crippen molar-refractivity contribution in [2.75, 3.05) is 30.5 Å². The van der Waals surface area contributed by atoms with Gasteiger partial charge in [-0.2, -0.15) is 0 Å². The summed E-state index contributed by atoms with van der Waals surface area (Å²) < 4.78 is 10.7. The van der Waals surface area contributed by atoms with Gasteiger partial charge in [0.2, 0.25) is 0 Å². The Morgan fingerprint density at radius 3 is 2.55 bits per heavy atom. The normalized spacial score (nSPS) is 12.3. The number of anilines is 2. The quantitative estimate of drug-likeness (QED) is 0.653. The predicted molar refractivity (Wildman–Crippen MR) is 120 cm³/mol. The molecule has 2 amide bonds. The largest absolute Gasteiger partial charge is 0.497 e. The van der Waals surface area contributed by atoms with Crippen molar-refractivity contribution in [3.8, 4) is 11.5 Å². The first-order chi connectivity index (χ1) is 15.0. The molecule has 0 saturated carbocycles. The van der Waals surface area contributed by atoms with E-state index in [9.17, 15) is 9.59 Å². The Balaban J connectivity index is 1.36. The van der Waals surface area contributed by atoms with Crippen LogP contribution < -0.4 is 19.7 Å². The van der Waals surface area contributed by atoms with E-state index in [1.54, 1.807) is 55.6 Å². The molecule has 31 heavy (non-hydrogen) atoms. The van der Waals surface area contributed by atoms with Crippen LogP contribution in [0.3, 0.4) is 0 Å². The molecule has 0 fully saturated rings. The molecule has 1 heterocycles. The van der Waals surface area contributed by atoms with Crippen LogP contribution in [0.4, 0.5) is 11.4 Å². The molecule has 0 unspecified atom stereocenters. The molecule has 1 aliphatic heterocycles. The van der Waals surface area contributed by atoms with Gasteiger partial charge in [-0.05, 0) is 60.9 Å². The van der Waals surface area contributed by atoms with E-state index in [1.807, 2.05) is 24.0 Å². The number of carbonyl (C=O) groups is 2. The third-order valence-corrected chi connectivity index (χ3v) is 5.27. The number of nitrogens with one attached hydrogen (secondary N) is 1. The van der Waals surface area contributed by atoms with E-state index in [0.29, 0.717) is 29.3 Å². The average molecular weight is 416 g/mol. The van der Waals surface area contributed by atoms with Crippen LogP contribution in [0, 0.1) is 6.92 Å². The first-order valence-corrected chi connectivity index (χ1v) is 10.1. The molecule has 4 rings (SSSR count). The van der Waals surface area contributed by atoms with E-state index < -0.39 is 0 Å². The Hall–Kier alpha value is -3.80. The molecule has 158 valence electrons. The van der Waals surface area contributed by atoms with Gasteiger partial charge in [-0.3, -0.25) is 9.59 Å². The molecule has 3 aromatic carbocycles. The lowest BCUT2D eigenvalue weighted by atomic mass is 10.1. The smallest absolute Gasteiger partial charge is 0.262 e. The van der Waals surface area contributed by atoms with Gasteiger partial charge in [-0.25, -0.2) is 0 Å². The molecule has 1 aliphatic rings. The van der Waals surface area contributed by atoms with E-state index in [0.717, 1.165) is 17.7 Å². The van der Waals surface area contributed by atoms with Gasteiger partial charge in [-0.1, -0.05) is 24.3 Å². The number of methoxy groups -OCH3 is 1. The van der Waals surface area contributed by atoms with E-state index in [1.165, 1.54) is 5.56 Å². The minimum atomic E-state index is -0.280. The molecule has 0 spiro atoms. The number of ether oxygens (including phenoxy) is 2. The minimum absolute atomic E-state index is 0.0321. The number of para-hydroxylation sites is 1. The number of aryl methyl sites for hydroxylation is 1.